The van der Waals surface area contributed by atoms with Crippen molar-refractivity contribution in [3.8, 4) is 5.75 Å². The number of rotatable bonds is 9. The Balaban J connectivity index is 1.55. The van der Waals surface area contributed by atoms with Gasteiger partial charge in [-0.3, -0.25) is 9.69 Å². The van der Waals surface area contributed by atoms with Crippen molar-refractivity contribution in [2.75, 3.05) is 52.3 Å². The van der Waals surface area contributed by atoms with E-state index in [4.69, 9.17) is 9.72 Å². The minimum absolute atomic E-state index is 0.0209. The van der Waals surface area contributed by atoms with E-state index in [0.29, 0.717) is 47.6 Å². The molecule has 0 spiro atoms. The zero-order chi connectivity index (χ0) is 25.2. The molecule has 1 aliphatic rings. The van der Waals surface area contributed by atoms with Crippen LogP contribution in [0.4, 0.5) is 5.13 Å². The molecule has 1 aliphatic heterocycles. The van der Waals surface area contributed by atoms with Gasteiger partial charge in [-0.15, -0.1) is 11.3 Å². The molecule has 11 heteroatoms. The van der Waals surface area contributed by atoms with Gasteiger partial charge in [0.2, 0.25) is 5.91 Å². The van der Waals surface area contributed by atoms with Crippen LogP contribution in [0.2, 0.25) is 0 Å². The number of hydrogen-bond acceptors (Lipinski definition) is 8. The Kier molecular flexibility index (Phi) is 8.12. The molecule has 1 aromatic carbocycles. The zero-order valence-electron chi connectivity index (χ0n) is 20.6. The number of carbonyl (C=O) groups is 1. The zero-order valence-corrected chi connectivity index (χ0v) is 23.0. The predicted molar refractivity (Wildman–Crippen MR) is 142 cm³/mol. The highest BCUT2D eigenvalue weighted by Crippen LogP contribution is 2.37. The lowest BCUT2D eigenvalue weighted by Crippen LogP contribution is -2.45. The first-order valence-corrected chi connectivity index (χ1v) is 14.8. The van der Waals surface area contributed by atoms with Crippen LogP contribution in [0.3, 0.4) is 0 Å². The number of hydrogen-bond donors (Lipinski definition) is 0. The van der Waals surface area contributed by atoms with E-state index in [1.165, 1.54) is 27.0 Å². The lowest BCUT2D eigenvalue weighted by molar-refractivity contribution is -0.123. The molecule has 190 valence electrons. The standard InChI is InChI=1S/C24H32N4O4S3/c1-17-8-9-19(32-4)21-22(17)34-24(25-21)28(13-6-12-26(2)3)23(29)18-10-14-27(15-11-18)35(30,31)20-7-5-16-33-20/h5,7-9,16,18H,6,10-15H2,1-4H3. The fourth-order valence-electron chi connectivity index (χ4n) is 4.32. The monoisotopic (exact) mass is 536 g/mol. The number of nitrogens with zero attached hydrogens (tertiary/aromatic N) is 4. The van der Waals surface area contributed by atoms with Crippen LogP contribution in [0.15, 0.2) is 33.9 Å². The first-order valence-electron chi connectivity index (χ1n) is 11.7. The Hall–Kier alpha value is -2.05. The van der Waals surface area contributed by atoms with Gasteiger partial charge in [0.05, 0.1) is 11.8 Å². The van der Waals surface area contributed by atoms with Crippen molar-refractivity contribution >= 4 is 54.0 Å². The molecular formula is C24H32N4O4S3. The van der Waals surface area contributed by atoms with E-state index in [0.717, 1.165) is 28.7 Å². The maximum absolute atomic E-state index is 13.8. The minimum Gasteiger partial charge on any atom is -0.494 e. The van der Waals surface area contributed by atoms with Crippen molar-refractivity contribution in [3.05, 3.63) is 35.2 Å². The molecule has 0 aliphatic carbocycles. The van der Waals surface area contributed by atoms with Gasteiger partial charge in [0.1, 0.15) is 15.5 Å². The maximum Gasteiger partial charge on any atom is 0.252 e. The van der Waals surface area contributed by atoms with Crippen LogP contribution in [0, 0.1) is 12.8 Å². The second kappa shape index (κ2) is 10.9. The molecule has 0 radical (unpaired) electrons. The normalized spacial score (nSPS) is 15.7. The van der Waals surface area contributed by atoms with Crippen LogP contribution in [-0.2, 0) is 14.8 Å². The predicted octanol–water partition coefficient (Wildman–Crippen LogP) is 4.06. The van der Waals surface area contributed by atoms with Gasteiger partial charge in [-0.25, -0.2) is 13.4 Å². The third-order valence-corrected chi connectivity index (χ3v) is 10.8. The van der Waals surface area contributed by atoms with Crippen LogP contribution in [0.1, 0.15) is 24.8 Å². The number of carbonyl (C=O) groups excluding carboxylic acids is 1. The van der Waals surface area contributed by atoms with Crippen molar-refractivity contribution < 1.29 is 17.9 Å². The van der Waals surface area contributed by atoms with Crippen molar-refractivity contribution in [1.29, 1.82) is 0 Å². The summed E-state index contributed by atoms with van der Waals surface area (Å²) < 4.78 is 34.2. The van der Waals surface area contributed by atoms with Gasteiger partial charge in [0, 0.05) is 25.6 Å². The van der Waals surface area contributed by atoms with E-state index in [2.05, 4.69) is 4.90 Å². The Morgan fingerprint density at radius 2 is 1.94 bits per heavy atom. The van der Waals surface area contributed by atoms with Crippen LogP contribution in [0.25, 0.3) is 10.2 Å². The fourth-order valence-corrected chi connectivity index (χ4v) is 8.02. The summed E-state index contributed by atoms with van der Waals surface area (Å²) in [5, 5.41) is 2.44. The summed E-state index contributed by atoms with van der Waals surface area (Å²) in [4.78, 5) is 22.5. The van der Waals surface area contributed by atoms with E-state index >= 15 is 0 Å². The molecule has 0 atom stereocenters. The molecule has 0 N–H and O–H groups in total. The highest BCUT2D eigenvalue weighted by Gasteiger charge is 2.35. The van der Waals surface area contributed by atoms with Crippen molar-refractivity contribution in [2.45, 2.75) is 30.4 Å². The van der Waals surface area contributed by atoms with Crippen LogP contribution >= 0.6 is 22.7 Å². The second-order valence-electron chi connectivity index (χ2n) is 9.02. The molecule has 0 saturated carbocycles. The summed E-state index contributed by atoms with van der Waals surface area (Å²) in [6, 6.07) is 7.29. The Bertz CT molecular complexity index is 1260. The molecule has 4 rings (SSSR count). The van der Waals surface area contributed by atoms with Crippen molar-refractivity contribution in [1.82, 2.24) is 14.2 Å². The van der Waals surface area contributed by atoms with Crippen LogP contribution in [0.5, 0.6) is 5.75 Å². The van der Waals surface area contributed by atoms with Gasteiger partial charge >= 0.3 is 0 Å². The number of amides is 1. The molecule has 1 amide bonds. The highest BCUT2D eigenvalue weighted by molar-refractivity contribution is 7.91. The quantitative estimate of drug-likeness (QED) is 0.410. The first-order chi connectivity index (χ1) is 16.7. The molecular weight excluding hydrogens is 504 g/mol. The van der Waals surface area contributed by atoms with E-state index < -0.39 is 10.0 Å². The number of aryl methyl sites for hydroxylation is 1. The third-order valence-electron chi connectivity index (χ3n) is 6.29. The van der Waals surface area contributed by atoms with Crippen molar-refractivity contribution in [3.63, 3.8) is 0 Å². The van der Waals surface area contributed by atoms with E-state index in [-0.39, 0.29) is 11.8 Å². The number of anilines is 1. The average Bonchev–Trinajstić information content (AvgIpc) is 3.53. The number of aromatic nitrogens is 1. The Morgan fingerprint density at radius 3 is 2.57 bits per heavy atom. The molecule has 3 heterocycles. The lowest BCUT2D eigenvalue weighted by atomic mass is 9.96. The molecule has 1 saturated heterocycles. The summed E-state index contributed by atoms with van der Waals surface area (Å²) >= 11 is 2.74. The average molecular weight is 537 g/mol. The topological polar surface area (TPSA) is 83.0 Å². The van der Waals surface area contributed by atoms with Gasteiger partial charge in [-0.2, -0.15) is 4.31 Å². The van der Waals surface area contributed by atoms with Gasteiger partial charge in [-0.05, 0) is 69.9 Å². The molecule has 2 aromatic heterocycles. The third kappa shape index (κ3) is 5.54. The van der Waals surface area contributed by atoms with E-state index in [9.17, 15) is 13.2 Å². The number of methoxy groups -OCH3 is 1. The minimum atomic E-state index is -3.50. The smallest absolute Gasteiger partial charge is 0.252 e. The lowest BCUT2D eigenvalue weighted by Gasteiger charge is -2.32. The number of sulfonamides is 1. The Labute approximate surface area is 215 Å². The number of ether oxygens (including phenoxy) is 1. The SMILES string of the molecule is COc1ccc(C)c2sc(N(CCCN(C)C)C(=O)C3CCN(S(=O)(=O)c4cccs4)CC3)nc12. The number of piperidine rings is 1. The van der Waals surface area contributed by atoms with Crippen LogP contribution < -0.4 is 9.64 Å². The highest BCUT2D eigenvalue weighted by atomic mass is 32.2. The largest absolute Gasteiger partial charge is 0.494 e. The van der Waals surface area contributed by atoms with Gasteiger partial charge < -0.3 is 9.64 Å². The molecule has 3 aromatic rings. The summed E-state index contributed by atoms with van der Waals surface area (Å²) in [5.41, 5.74) is 1.87. The fraction of sp³-hybridized carbons (Fsp3) is 0.500. The molecule has 8 nitrogen and oxygen atoms in total. The Morgan fingerprint density at radius 1 is 1.20 bits per heavy atom. The molecule has 1 fully saturated rings. The van der Waals surface area contributed by atoms with Gasteiger partial charge in [0.25, 0.3) is 10.0 Å². The van der Waals surface area contributed by atoms with E-state index in [1.807, 2.05) is 33.2 Å². The number of thiophene rings is 1. The molecule has 0 unspecified atom stereocenters. The number of benzene rings is 1. The first kappa shape index (κ1) is 26.0. The summed E-state index contributed by atoms with van der Waals surface area (Å²) in [7, 11) is 2.16. The number of thiazole rings is 1. The summed E-state index contributed by atoms with van der Waals surface area (Å²) in [6.45, 7) is 4.13. The maximum atomic E-state index is 13.8. The molecule has 0 bridgehead atoms. The van der Waals surface area contributed by atoms with Gasteiger partial charge in [-0.1, -0.05) is 23.5 Å². The summed E-state index contributed by atoms with van der Waals surface area (Å²) in [6.07, 6.45) is 1.82. The molecule has 35 heavy (non-hydrogen) atoms. The van der Waals surface area contributed by atoms with Gasteiger partial charge in [0.15, 0.2) is 5.13 Å². The van der Waals surface area contributed by atoms with E-state index in [1.54, 1.807) is 29.5 Å². The second-order valence-corrected chi connectivity index (χ2v) is 13.1. The number of fused-ring (bicyclic) bond motifs is 1. The summed E-state index contributed by atoms with van der Waals surface area (Å²) in [5.74, 6) is 0.479. The van der Waals surface area contributed by atoms with Crippen molar-refractivity contribution in [2.24, 2.45) is 5.92 Å². The van der Waals surface area contributed by atoms with Crippen LogP contribution in [-0.4, -0.2) is 75.9 Å².